The second kappa shape index (κ2) is 14.1. The summed E-state index contributed by atoms with van der Waals surface area (Å²) in [5.74, 6) is -4.76. The first-order valence-electron chi connectivity index (χ1n) is 13.2. The molecule has 3 rings (SSSR count). The number of ether oxygens (including phenoxy) is 1. The van der Waals surface area contributed by atoms with E-state index in [0.717, 1.165) is 13.0 Å². The largest absolute Gasteiger partial charge is 0.431 e. The Hall–Kier alpha value is -3.18. The van der Waals surface area contributed by atoms with Crippen molar-refractivity contribution in [3.05, 3.63) is 70.7 Å². The molecule has 8 nitrogen and oxygen atoms in total. The average Bonchev–Trinajstić information content (AvgIpc) is 3.34. The van der Waals surface area contributed by atoms with Crippen LogP contribution in [-0.4, -0.2) is 42.0 Å². The van der Waals surface area contributed by atoms with Crippen molar-refractivity contribution in [2.75, 3.05) is 6.54 Å². The molecule has 0 unspecified atom stereocenters. The van der Waals surface area contributed by atoms with Crippen LogP contribution in [0.1, 0.15) is 51.2 Å². The first-order chi connectivity index (χ1) is 19.4. The van der Waals surface area contributed by atoms with Gasteiger partial charge < -0.3 is 20.2 Å². The molecule has 2 aromatic carbocycles. The number of nitrogens with one attached hydrogen (secondary N) is 3. The van der Waals surface area contributed by atoms with Gasteiger partial charge in [-0.05, 0) is 56.2 Å². The maximum absolute atomic E-state index is 16.0. The number of alkyl halides is 2. The van der Waals surface area contributed by atoms with Crippen LogP contribution in [0, 0.1) is 11.8 Å². The van der Waals surface area contributed by atoms with Crippen molar-refractivity contribution < 1.29 is 32.7 Å². The Morgan fingerprint density at radius 3 is 2.44 bits per heavy atom. The molecule has 1 saturated heterocycles. The molecule has 1 aliphatic heterocycles. The maximum Gasteiger partial charge on any atom is 0.418 e. The molecular weight excluding hydrogens is 576 g/mol. The Kier molecular flexibility index (Phi) is 11.1. The average molecular weight is 610 g/mol. The van der Waals surface area contributed by atoms with Crippen LogP contribution in [-0.2, 0) is 30.6 Å². The predicted molar refractivity (Wildman–Crippen MR) is 153 cm³/mol. The first kappa shape index (κ1) is 32.3. The van der Waals surface area contributed by atoms with Gasteiger partial charge in [0.25, 0.3) is 0 Å². The van der Waals surface area contributed by atoms with E-state index in [1.807, 2.05) is 13.8 Å². The molecule has 3 amide bonds. The van der Waals surface area contributed by atoms with E-state index in [1.165, 1.54) is 30.3 Å². The summed E-state index contributed by atoms with van der Waals surface area (Å²) in [6.07, 6.45) is 0.423. The Balaban J connectivity index is 1.75. The number of carbonyl (C=O) groups is 4. The van der Waals surface area contributed by atoms with Gasteiger partial charge in [-0.1, -0.05) is 67.9 Å². The molecular formula is C29H34ClF2N3O5S. The normalized spacial score (nSPS) is 18.1. The van der Waals surface area contributed by atoms with Gasteiger partial charge in [-0.2, -0.15) is 8.78 Å². The third kappa shape index (κ3) is 8.19. The minimum absolute atomic E-state index is 0.0214. The lowest BCUT2D eigenvalue weighted by Gasteiger charge is -2.37. The maximum atomic E-state index is 16.0. The van der Waals surface area contributed by atoms with Gasteiger partial charge in [0.2, 0.25) is 17.4 Å². The zero-order valence-corrected chi connectivity index (χ0v) is 24.6. The molecule has 0 aromatic heterocycles. The minimum Gasteiger partial charge on any atom is -0.431 e. The van der Waals surface area contributed by atoms with E-state index >= 15 is 8.78 Å². The Labute approximate surface area is 247 Å². The Morgan fingerprint density at radius 2 is 1.85 bits per heavy atom. The van der Waals surface area contributed by atoms with Crippen LogP contribution in [0.5, 0.6) is 0 Å². The predicted octanol–water partition coefficient (Wildman–Crippen LogP) is 5.35. The third-order valence-electron chi connectivity index (χ3n) is 6.86. The molecule has 4 atom stereocenters. The molecule has 0 spiro atoms. The van der Waals surface area contributed by atoms with Crippen molar-refractivity contribution >= 4 is 47.7 Å². The highest BCUT2D eigenvalue weighted by Gasteiger charge is 2.56. The van der Waals surface area contributed by atoms with Gasteiger partial charge in [0, 0.05) is 28.6 Å². The number of hydrogen-bond acceptors (Lipinski definition) is 6. The second-order valence-corrected chi connectivity index (χ2v) is 11.9. The van der Waals surface area contributed by atoms with Gasteiger partial charge in [-0.15, -0.1) is 0 Å². The van der Waals surface area contributed by atoms with Crippen molar-refractivity contribution in [2.45, 2.75) is 62.8 Å². The standard InChI is InChI=1S/C29H34ClF2N3O5S/c1-18(2)14-24(26(38)34-23(17-36)15-19-12-13-33-25(19)37)41-35-27(39)40-28(3,20-8-5-4-6-9-20)29(31,32)21-10-7-11-22(30)16-21/h4-11,16-19,23-24H,12-15H2,1-3H3,(H,33,37)(H,34,38)(H,35,39)/t19-,23-,24-,28-/m0/s1. The highest BCUT2D eigenvalue weighted by atomic mass is 35.5. The smallest absolute Gasteiger partial charge is 0.418 e. The van der Waals surface area contributed by atoms with E-state index < -0.39 is 40.4 Å². The van der Waals surface area contributed by atoms with Crippen LogP contribution in [0.2, 0.25) is 5.02 Å². The van der Waals surface area contributed by atoms with Gasteiger partial charge in [0.05, 0.1) is 6.04 Å². The number of halogens is 3. The summed E-state index contributed by atoms with van der Waals surface area (Å²) >= 11 is 6.68. The molecule has 0 saturated carbocycles. The Bertz CT molecular complexity index is 1240. The van der Waals surface area contributed by atoms with Crippen molar-refractivity contribution in [1.82, 2.24) is 15.4 Å². The molecule has 12 heteroatoms. The van der Waals surface area contributed by atoms with E-state index in [2.05, 4.69) is 15.4 Å². The topological polar surface area (TPSA) is 114 Å². The van der Waals surface area contributed by atoms with Crippen LogP contribution in [0.15, 0.2) is 54.6 Å². The fourth-order valence-corrected chi connectivity index (χ4v) is 5.71. The van der Waals surface area contributed by atoms with Crippen LogP contribution in [0.3, 0.4) is 0 Å². The molecule has 41 heavy (non-hydrogen) atoms. The molecule has 1 fully saturated rings. The summed E-state index contributed by atoms with van der Waals surface area (Å²) in [7, 11) is 0. The summed E-state index contributed by atoms with van der Waals surface area (Å²) in [5.41, 5.74) is -2.83. The zero-order chi connectivity index (χ0) is 30.2. The fraction of sp³-hybridized carbons (Fsp3) is 0.448. The number of carbonyl (C=O) groups excluding carboxylic acids is 4. The molecule has 0 aliphatic carbocycles. The van der Waals surface area contributed by atoms with Crippen LogP contribution in [0.4, 0.5) is 13.6 Å². The Morgan fingerprint density at radius 1 is 1.17 bits per heavy atom. The third-order valence-corrected chi connectivity index (χ3v) is 8.07. The highest BCUT2D eigenvalue weighted by molar-refractivity contribution is 7.99. The lowest BCUT2D eigenvalue weighted by Crippen LogP contribution is -2.47. The van der Waals surface area contributed by atoms with Crippen LogP contribution in [0.25, 0.3) is 0 Å². The van der Waals surface area contributed by atoms with Crippen LogP contribution < -0.4 is 15.4 Å². The molecule has 1 aliphatic rings. The number of hydrogen-bond donors (Lipinski definition) is 3. The van der Waals surface area contributed by atoms with Gasteiger partial charge in [0.15, 0.2) is 0 Å². The molecule has 0 bridgehead atoms. The summed E-state index contributed by atoms with van der Waals surface area (Å²) in [6, 6.07) is 11.9. The summed E-state index contributed by atoms with van der Waals surface area (Å²) in [6.45, 7) is 5.37. The first-order valence-corrected chi connectivity index (χ1v) is 14.5. The number of aldehydes is 1. The van der Waals surface area contributed by atoms with E-state index in [0.29, 0.717) is 37.6 Å². The van der Waals surface area contributed by atoms with Crippen molar-refractivity contribution in [1.29, 1.82) is 0 Å². The van der Waals surface area contributed by atoms with E-state index in [9.17, 15) is 19.2 Å². The van der Waals surface area contributed by atoms with Crippen molar-refractivity contribution in [3.8, 4) is 0 Å². The number of benzene rings is 2. The zero-order valence-electron chi connectivity index (χ0n) is 23.0. The minimum atomic E-state index is -3.69. The molecule has 3 N–H and O–H groups in total. The second-order valence-electron chi connectivity index (χ2n) is 10.5. The molecule has 2 aromatic rings. The summed E-state index contributed by atoms with van der Waals surface area (Å²) in [5, 5.41) is 4.57. The summed E-state index contributed by atoms with van der Waals surface area (Å²) in [4.78, 5) is 49.6. The lowest BCUT2D eigenvalue weighted by atomic mass is 9.85. The van der Waals surface area contributed by atoms with E-state index in [1.54, 1.807) is 18.2 Å². The highest BCUT2D eigenvalue weighted by Crippen LogP contribution is 2.48. The number of rotatable bonds is 13. The fourth-order valence-electron chi connectivity index (χ4n) is 4.58. The quantitative estimate of drug-likeness (QED) is 0.209. The van der Waals surface area contributed by atoms with Gasteiger partial charge in [0.1, 0.15) is 11.5 Å². The lowest BCUT2D eigenvalue weighted by molar-refractivity contribution is -0.184. The van der Waals surface area contributed by atoms with Crippen molar-refractivity contribution in [3.63, 3.8) is 0 Å². The van der Waals surface area contributed by atoms with E-state index in [4.69, 9.17) is 16.3 Å². The number of amides is 3. The van der Waals surface area contributed by atoms with Crippen molar-refractivity contribution in [2.24, 2.45) is 11.8 Å². The molecule has 222 valence electrons. The summed E-state index contributed by atoms with van der Waals surface area (Å²) < 4.78 is 39.8. The molecule has 0 radical (unpaired) electrons. The SMILES string of the molecule is CC(C)C[C@H](SNC(=O)O[C@@](C)(c1ccccc1)C(F)(F)c1cccc(Cl)c1)C(=O)N[C@H](C=O)C[C@@H]1CCNC1=O. The van der Waals surface area contributed by atoms with E-state index in [-0.39, 0.29) is 34.7 Å². The molecule has 1 heterocycles. The monoisotopic (exact) mass is 609 g/mol. The van der Waals surface area contributed by atoms with Gasteiger partial charge >= 0.3 is 12.0 Å². The van der Waals surface area contributed by atoms with Crippen LogP contribution >= 0.6 is 23.5 Å². The van der Waals surface area contributed by atoms with Gasteiger partial charge in [-0.3, -0.25) is 14.3 Å². The van der Waals surface area contributed by atoms with Gasteiger partial charge in [-0.25, -0.2) is 4.79 Å².